The van der Waals surface area contributed by atoms with Gasteiger partial charge in [0.1, 0.15) is 6.04 Å². The van der Waals surface area contributed by atoms with Gasteiger partial charge < -0.3 is 20.9 Å². The predicted molar refractivity (Wildman–Crippen MR) is 224 cm³/mol. The third-order valence-corrected chi connectivity index (χ3v) is 12.9. The fraction of sp³-hybridized carbons (Fsp3) is 0.477. The summed E-state index contributed by atoms with van der Waals surface area (Å²) in [5.74, 6) is -2.37. The second-order valence-corrected chi connectivity index (χ2v) is 17.3. The number of carbonyl (C=O) groups excluding carboxylic acids is 8. The molecule has 8 amide bonds. The molecule has 1 aliphatic carbocycles. The zero-order valence-corrected chi connectivity index (χ0v) is 35.1. The zero-order valence-electron chi connectivity index (χ0n) is 34.2. The maximum Gasteiger partial charge on any atom is 0.264 e. The molecular weight excluding hydrogens is 787 g/mol. The maximum absolute atomic E-state index is 13.3. The van der Waals surface area contributed by atoms with Crippen LogP contribution in [-0.2, 0) is 30.5 Å². The van der Waals surface area contributed by atoms with E-state index in [1.165, 1.54) is 30.2 Å². The zero-order chi connectivity index (χ0) is 42.7. The van der Waals surface area contributed by atoms with Crippen LogP contribution >= 0.6 is 11.3 Å². The number of imide groups is 2. The number of aryl methyl sites for hydroxylation is 2. The Morgan fingerprint density at radius 3 is 2.32 bits per heavy atom. The fourth-order valence-electron chi connectivity index (χ4n) is 8.38. The highest BCUT2D eigenvalue weighted by Gasteiger charge is 2.46. The molecule has 0 radical (unpaired) electrons. The first kappa shape index (κ1) is 42.4. The van der Waals surface area contributed by atoms with E-state index in [4.69, 9.17) is 0 Å². The summed E-state index contributed by atoms with van der Waals surface area (Å²) >= 11 is 1.41. The smallest absolute Gasteiger partial charge is 0.264 e. The molecule has 0 bridgehead atoms. The van der Waals surface area contributed by atoms with Gasteiger partial charge in [-0.25, -0.2) is 4.98 Å². The van der Waals surface area contributed by atoms with Gasteiger partial charge in [0.25, 0.3) is 17.7 Å². The van der Waals surface area contributed by atoms with Gasteiger partial charge in [0, 0.05) is 50.4 Å². The van der Waals surface area contributed by atoms with Crippen molar-refractivity contribution in [2.75, 3.05) is 17.2 Å². The second kappa shape index (κ2) is 18.2. The summed E-state index contributed by atoms with van der Waals surface area (Å²) in [4.78, 5) is 110. The van der Waals surface area contributed by atoms with Crippen LogP contribution in [0.2, 0.25) is 0 Å². The monoisotopic (exact) mass is 837 g/mol. The van der Waals surface area contributed by atoms with Crippen molar-refractivity contribution in [2.24, 2.45) is 5.92 Å². The van der Waals surface area contributed by atoms with E-state index in [1.54, 1.807) is 12.1 Å². The average Bonchev–Trinajstić information content (AvgIpc) is 3.85. The predicted octanol–water partition coefficient (Wildman–Crippen LogP) is 5.79. The topological polar surface area (TPSA) is 204 Å². The van der Waals surface area contributed by atoms with E-state index in [2.05, 4.69) is 39.2 Å². The number of fused-ring (bicyclic) bond motifs is 2. The lowest BCUT2D eigenvalue weighted by Gasteiger charge is -2.27. The molecule has 7 rings (SSSR count). The van der Waals surface area contributed by atoms with Crippen LogP contribution in [0.25, 0.3) is 10.4 Å². The molecule has 15 nitrogen and oxygen atoms in total. The van der Waals surface area contributed by atoms with Crippen molar-refractivity contribution in [1.29, 1.82) is 0 Å². The van der Waals surface area contributed by atoms with Crippen LogP contribution in [0.1, 0.15) is 138 Å². The highest BCUT2D eigenvalue weighted by Crippen LogP contribution is 2.41. The number of unbranched alkanes of at least 4 members (excludes halogenated alkanes) is 4. The van der Waals surface area contributed by atoms with Gasteiger partial charge in [0.05, 0.1) is 27.4 Å². The molecule has 4 heterocycles. The third kappa shape index (κ3) is 9.33. The number of benzene rings is 2. The Bertz CT molecular complexity index is 2270. The Labute approximate surface area is 352 Å². The van der Waals surface area contributed by atoms with Crippen molar-refractivity contribution < 1.29 is 38.4 Å². The lowest BCUT2D eigenvalue weighted by Crippen LogP contribution is -2.54. The number of thiazole rings is 1. The average molecular weight is 838 g/mol. The molecule has 3 aliphatic heterocycles. The molecular formula is C44H51N7O8S. The van der Waals surface area contributed by atoms with E-state index in [0.29, 0.717) is 37.0 Å². The fourth-order valence-corrected chi connectivity index (χ4v) is 9.35. The number of aromatic nitrogens is 1. The Morgan fingerprint density at radius 2 is 1.55 bits per heavy atom. The minimum atomic E-state index is -1.09. The Balaban J connectivity index is 0.756. The van der Waals surface area contributed by atoms with Gasteiger partial charge in [0.2, 0.25) is 29.5 Å². The highest BCUT2D eigenvalue weighted by molar-refractivity contribution is 7.19. The largest absolute Gasteiger partial charge is 0.356 e. The lowest BCUT2D eigenvalue weighted by atomic mass is 9.99. The van der Waals surface area contributed by atoms with Crippen LogP contribution in [0.4, 0.5) is 10.8 Å². The van der Waals surface area contributed by atoms with E-state index >= 15 is 0 Å². The first-order valence-electron chi connectivity index (χ1n) is 20.9. The molecule has 3 aromatic rings. The Hall–Kier alpha value is -5.77. The van der Waals surface area contributed by atoms with Crippen molar-refractivity contribution in [1.82, 2.24) is 25.4 Å². The number of nitrogens with one attached hydrogen (secondary N) is 4. The van der Waals surface area contributed by atoms with Crippen LogP contribution in [0.5, 0.6) is 0 Å². The number of hydrogen-bond donors (Lipinski definition) is 4. The second-order valence-electron chi connectivity index (χ2n) is 16.3. The van der Waals surface area contributed by atoms with E-state index < -0.39 is 29.7 Å². The van der Waals surface area contributed by atoms with Crippen LogP contribution in [0, 0.1) is 19.8 Å². The van der Waals surface area contributed by atoms with Crippen molar-refractivity contribution in [3.8, 4) is 10.4 Å². The van der Waals surface area contributed by atoms with E-state index in [-0.39, 0.29) is 78.6 Å². The molecule has 1 unspecified atom stereocenters. The van der Waals surface area contributed by atoms with Crippen molar-refractivity contribution in [3.05, 3.63) is 63.8 Å². The van der Waals surface area contributed by atoms with Crippen LogP contribution in [0.15, 0.2) is 30.3 Å². The summed E-state index contributed by atoms with van der Waals surface area (Å²) in [6, 6.07) is 7.86. The molecule has 2 atom stereocenters. The van der Waals surface area contributed by atoms with Crippen molar-refractivity contribution >= 4 is 69.4 Å². The molecule has 1 saturated heterocycles. The van der Waals surface area contributed by atoms with Gasteiger partial charge in [-0.3, -0.25) is 48.6 Å². The molecule has 1 aromatic heterocycles. The quantitative estimate of drug-likeness (QED) is 0.0904. The van der Waals surface area contributed by atoms with E-state index in [1.807, 2.05) is 24.8 Å². The Morgan fingerprint density at radius 1 is 0.833 bits per heavy atom. The standard InChI is InChI=1S/C44H51N7O8S/c1-24-21-28(22-29-23-50(42(58)37(24)29)26(3)27-16-17-27)39-25(2)46-44(60-39)49-35(54)15-10-14-33(52)45-20-8-6-4-5-7-13-34(53)47-31-12-9-11-30-38(31)43(59)51(41(30)57)32-18-19-36(55)48-40(32)56/h9,11-12,21-22,26-27,32H,4-8,10,13-20,23H2,1-3H3,(H,45,52)(H,47,53)(H,46,49,54)(H,48,55,56)/t26-,32?/m0/s1. The van der Waals surface area contributed by atoms with Crippen molar-refractivity contribution in [3.63, 3.8) is 0 Å². The summed E-state index contributed by atoms with van der Waals surface area (Å²) in [5.41, 5.74) is 4.94. The minimum Gasteiger partial charge on any atom is -0.356 e. The molecule has 4 aliphatic rings. The molecule has 60 heavy (non-hydrogen) atoms. The number of piperidine rings is 1. The summed E-state index contributed by atoms with van der Waals surface area (Å²) in [6.07, 6.45) is 7.36. The number of rotatable bonds is 18. The van der Waals surface area contributed by atoms with Gasteiger partial charge in [-0.15, -0.1) is 0 Å². The summed E-state index contributed by atoms with van der Waals surface area (Å²) in [6.45, 7) is 7.17. The highest BCUT2D eigenvalue weighted by atomic mass is 32.1. The normalized spacial score (nSPS) is 17.7. The molecule has 2 fully saturated rings. The number of anilines is 2. The number of carbonyl (C=O) groups is 8. The number of nitrogens with zero attached hydrogens (tertiary/aromatic N) is 3. The lowest BCUT2D eigenvalue weighted by molar-refractivity contribution is -0.136. The number of amides is 8. The molecule has 4 N–H and O–H groups in total. The molecule has 316 valence electrons. The van der Waals surface area contributed by atoms with Crippen LogP contribution in [-0.4, -0.2) is 80.7 Å². The number of hydrogen-bond acceptors (Lipinski definition) is 10. The molecule has 0 spiro atoms. The van der Waals surface area contributed by atoms with E-state index in [9.17, 15) is 38.4 Å². The molecule has 1 saturated carbocycles. The first-order chi connectivity index (χ1) is 28.8. The third-order valence-electron chi connectivity index (χ3n) is 11.8. The first-order valence-corrected chi connectivity index (χ1v) is 21.8. The summed E-state index contributed by atoms with van der Waals surface area (Å²) in [7, 11) is 0. The van der Waals surface area contributed by atoms with Crippen molar-refractivity contribution in [2.45, 2.75) is 123 Å². The van der Waals surface area contributed by atoms with Gasteiger partial charge in [0.15, 0.2) is 5.13 Å². The van der Waals surface area contributed by atoms with E-state index in [0.717, 1.165) is 63.4 Å². The summed E-state index contributed by atoms with van der Waals surface area (Å²) < 4.78 is 0. The van der Waals surface area contributed by atoms with Crippen LogP contribution < -0.4 is 21.3 Å². The van der Waals surface area contributed by atoms with Gasteiger partial charge in [-0.1, -0.05) is 36.7 Å². The van der Waals surface area contributed by atoms with Crippen LogP contribution in [0.3, 0.4) is 0 Å². The minimum absolute atomic E-state index is 0.0178. The van der Waals surface area contributed by atoms with Gasteiger partial charge >= 0.3 is 0 Å². The maximum atomic E-state index is 13.3. The summed E-state index contributed by atoms with van der Waals surface area (Å²) in [5, 5.41) is 11.2. The Kier molecular flexibility index (Phi) is 12.9. The van der Waals surface area contributed by atoms with Gasteiger partial charge in [-0.05, 0) is 106 Å². The SMILES string of the molecule is Cc1cc(-c2sc(NC(=O)CCCC(=O)NCCCCCCCC(=O)Nc3cccc4c3C(=O)N(C3CCC(=O)NC3=O)C4=O)nc2C)cc2c1C(=O)N([C@@H](C)C1CC1)C2. The molecule has 16 heteroatoms. The van der Waals surface area contributed by atoms with Gasteiger partial charge in [-0.2, -0.15) is 0 Å². The molecule has 2 aromatic carbocycles.